The van der Waals surface area contributed by atoms with E-state index in [1.165, 1.54) is 18.0 Å². The van der Waals surface area contributed by atoms with Gasteiger partial charge in [-0.1, -0.05) is 27.5 Å². The van der Waals surface area contributed by atoms with Crippen molar-refractivity contribution in [2.45, 2.75) is 12.1 Å². The number of nitrogens with zero attached hydrogens (tertiary/aromatic N) is 3. The van der Waals surface area contributed by atoms with Gasteiger partial charge in [0.1, 0.15) is 17.2 Å². The molecule has 0 spiro atoms. The number of halogens is 3. The Morgan fingerprint density at radius 2 is 1.95 bits per heavy atom. The van der Waals surface area contributed by atoms with Crippen LogP contribution in [0.5, 0.6) is 11.5 Å². The summed E-state index contributed by atoms with van der Waals surface area (Å²) in [5, 5.41) is 22.8. The Morgan fingerprint density at radius 1 is 1.22 bits per heavy atom. The van der Waals surface area contributed by atoms with Crippen LogP contribution < -0.4 is 14.7 Å². The lowest BCUT2D eigenvalue weighted by Gasteiger charge is -2.07. The number of aromatic hydroxyl groups is 1. The number of hydrogen-bond acceptors (Lipinski definition) is 6. The van der Waals surface area contributed by atoms with E-state index in [9.17, 15) is 9.90 Å². The summed E-state index contributed by atoms with van der Waals surface area (Å²) in [5.74, 6) is 1.26. The minimum Gasteiger partial charge on any atom is -0.506 e. The van der Waals surface area contributed by atoms with Crippen molar-refractivity contribution in [3.05, 3.63) is 80.2 Å². The number of phenolic OH excluding ortho intramolecular Hbond substituents is 1. The molecule has 8 nitrogen and oxygen atoms in total. The van der Waals surface area contributed by atoms with E-state index >= 15 is 0 Å². The normalized spacial score (nSPS) is 11.1. The summed E-state index contributed by atoms with van der Waals surface area (Å²) in [6, 6.07) is 18.4. The lowest BCUT2D eigenvalue weighted by atomic mass is 10.2. The lowest BCUT2D eigenvalue weighted by molar-refractivity contribution is -0.625. The number of carbonyl (C=O) groups is 1. The zero-order valence-electron chi connectivity index (χ0n) is 19.4. The molecular weight excluding hydrogens is 646 g/mol. The Labute approximate surface area is 239 Å². The third-order valence-corrected chi connectivity index (χ3v) is 7.23. The van der Waals surface area contributed by atoms with Gasteiger partial charge in [0.2, 0.25) is 0 Å². The summed E-state index contributed by atoms with van der Waals surface area (Å²) in [7, 11) is 0. The highest BCUT2D eigenvalue weighted by atomic mass is 79.9. The highest BCUT2D eigenvalue weighted by Gasteiger charge is 2.24. The number of carbonyl (C=O) groups excluding carboxylic acids is 1. The Balaban J connectivity index is 1.52. The first-order valence-corrected chi connectivity index (χ1v) is 13.9. The number of hydrogen-bond donors (Lipinski definition) is 3. The van der Waals surface area contributed by atoms with Crippen LogP contribution in [0.3, 0.4) is 0 Å². The molecule has 0 saturated heterocycles. The molecular formula is C25H21Br2ClN5O3S+. The van der Waals surface area contributed by atoms with Crippen molar-refractivity contribution in [1.29, 1.82) is 0 Å². The van der Waals surface area contributed by atoms with E-state index in [2.05, 4.69) is 52.6 Å². The van der Waals surface area contributed by atoms with Gasteiger partial charge in [-0.25, -0.2) is 5.43 Å². The van der Waals surface area contributed by atoms with Crippen molar-refractivity contribution in [2.24, 2.45) is 5.10 Å². The van der Waals surface area contributed by atoms with Crippen LogP contribution >= 0.6 is 55.2 Å². The zero-order chi connectivity index (χ0) is 26.4. The van der Waals surface area contributed by atoms with Gasteiger partial charge in [-0.05, 0) is 95.3 Å². The van der Waals surface area contributed by atoms with Crippen LogP contribution in [0.1, 0.15) is 12.5 Å². The monoisotopic (exact) mass is 664 g/mol. The topological polar surface area (TPSA) is 103 Å². The maximum absolute atomic E-state index is 12.5. The molecule has 1 heterocycles. The number of rotatable bonds is 9. The molecule has 190 valence electrons. The zero-order valence-corrected chi connectivity index (χ0v) is 24.2. The minimum atomic E-state index is -0.330. The molecule has 0 saturated carbocycles. The molecule has 4 aromatic rings. The highest BCUT2D eigenvalue weighted by Crippen LogP contribution is 2.30. The van der Waals surface area contributed by atoms with Gasteiger partial charge in [0.25, 0.3) is 11.7 Å². The van der Waals surface area contributed by atoms with Crippen molar-refractivity contribution < 1.29 is 19.2 Å². The summed E-state index contributed by atoms with van der Waals surface area (Å²) in [6.07, 6.45) is 1.38. The number of hydrazone groups is 1. The average molecular weight is 667 g/mol. The largest absolute Gasteiger partial charge is 0.506 e. The van der Waals surface area contributed by atoms with Gasteiger partial charge >= 0.3 is 5.16 Å². The first-order valence-electron chi connectivity index (χ1n) is 11.0. The smallest absolute Gasteiger partial charge is 0.342 e. The molecule has 4 rings (SSSR count). The Morgan fingerprint density at radius 3 is 2.65 bits per heavy atom. The van der Waals surface area contributed by atoms with Crippen LogP contribution in [0, 0.1) is 0 Å². The number of aromatic amines is 1. The number of H-pyrrole nitrogens is 1. The van der Waals surface area contributed by atoms with Gasteiger partial charge in [-0.15, -0.1) is 5.10 Å². The van der Waals surface area contributed by atoms with Crippen molar-refractivity contribution >= 4 is 67.3 Å². The van der Waals surface area contributed by atoms with Gasteiger partial charge in [0.15, 0.2) is 0 Å². The van der Waals surface area contributed by atoms with Crippen LogP contribution in [0.4, 0.5) is 0 Å². The second kappa shape index (κ2) is 12.6. The van der Waals surface area contributed by atoms with Crippen LogP contribution in [-0.4, -0.2) is 39.8 Å². The maximum Gasteiger partial charge on any atom is 0.342 e. The van der Waals surface area contributed by atoms with Gasteiger partial charge in [0.05, 0.1) is 33.7 Å². The van der Waals surface area contributed by atoms with Crippen LogP contribution in [0.25, 0.3) is 17.1 Å². The molecule has 37 heavy (non-hydrogen) atoms. The Hall–Kier alpha value is -2.86. The van der Waals surface area contributed by atoms with Crippen LogP contribution in [0.2, 0.25) is 5.02 Å². The standard InChI is InChI=1S/C25H20Br2ClN5O3S/c1-2-36-20-9-7-19(8-10-20)33-24(15-3-5-18(28)6-4-15)31-32-25(33)37-14-22(34)30-29-13-16-11-17(26)12-21(27)23(16)35/h3-13H,2,14H2,1H3,(H2,29,30,34,35)/p+1. The number of ether oxygens (including phenoxy) is 1. The molecule has 0 aliphatic rings. The number of thioether (sulfide) groups is 1. The second-order valence-corrected chi connectivity index (χ2v) is 10.7. The molecule has 0 aliphatic carbocycles. The Bertz CT molecular complexity index is 1430. The van der Waals surface area contributed by atoms with Crippen molar-refractivity contribution in [1.82, 2.24) is 15.6 Å². The van der Waals surface area contributed by atoms with E-state index in [-0.39, 0.29) is 17.4 Å². The number of amides is 1. The lowest BCUT2D eigenvalue weighted by Crippen LogP contribution is -2.34. The van der Waals surface area contributed by atoms with Gasteiger partial charge in [-0.3, -0.25) is 4.79 Å². The van der Waals surface area contributed by atoms with Gasteiger partial charge < -0.3 is 9.84 Å². The van der Waals surface area contributed by atoms with E-state index in [0.717, 1.165) is 27.3 Å². The molecule has 0 unspecified atom stereocenters. The molecule has 0 bridgehead atoms. The summed E-state index contributed by atoms with van der Waals surface area (Å²) in [4.78, 5) is 12.5. The van der Waals surface area contributed by atoms with Gasteiger partial charge in [-0.2, -0.15) is 9.67 Å². The SMILES string of the molecule is CCOc1ccc(-[n+]2c(SCC(=O)NN=Cc3cc(Br)cc(Br)c3O)n[nH]c2-c2ccc(Cl)cc2)cc1. The fourth-order valence-corrected chi connectivity index (χ4v) is 5.46. The fraction of sp³-hybridized carbons (Fsp3) is 0.120. The molecule has 0 atom stereocenters. The first-order chi connectivity index (χ1) is 17.9. The fourth-order valence-electron chi connectivity index (χ4n) is 3.31. The van der Waals surface area contributed by atoms with E-state index in [0.29, 0.717) is 26.8 Å². The number of aromatic nitrogens is 3. The van der Waals surface area contributed by atoms with Crippen LogP contribution in [0.15, 0.2) is 79.9 Å². The molecule has 1 amide bonds. The van der Waals surface area contributed by atoms with Crippen molar-refractivity contribution in [3.63, 3.8) is 0 Å². The van der Waals surface area contributed by atoms with E-state index < -0.39 is 0 Å². The molecule has 0 fully saturated rings. The minimum absolute atomic E-state index is 0.0261. The molecule has 1 aromatic heterocycles. The quantitative estimate of drug-likeness (QED) is 0.0897. The van der Waals surface area contributed by atoms with E-state index in [1.54, 1.807) is 24.3 Å². The highest BCUT2D eigenvalue weighted by molar-refractivity contribution is 9.11. The number of phenols is 1. The molecule has 12 heteroatoms. The van der Waals surface area contributed by atoms with Crippen molar-refractivity contribution in [2.75, 3.05) is 12.4 Å². The molecule has 3 N–H and O–H groups in total. The first kappa shape index (κ1) is 27.2. The number of benzene rings is 3. The molecule has 3 aromatic carbocycles. The predicted octanol–water partition coefficient (Wildman–Crippen LogP) is 5.88. The van der Waals surface area contributed by atoms with Crippen molar-refractivity contribution in [3.8, 4) is 28.6 Å². The third kappa shape index (κ3) is 6.92. The Kier molecular flexibility index (Phi) is 9.25. The van der Waals surface area contributed by atoms with Gasteiger partial charge in [0, 0.05) is 15.1 Å². The maximum atomic E-state index is 12.5. The molecule has 0 aliphatic heterocycles. The molecule has 0 radical (unpaired) electrons. The summed E-state index contributed by atoms with van der Waals surface area (Å²) >= 11 is 14.0. The van der Waals surface area contributed by atoms with E-state index in [1.807, 2.05) is 47.9 Å². The summed E-state index contributed by atoms with van der Waals surface area (Å²) in [6.45, 7) is 2.51. The average Bonchev–Trinajstić information content (AvgIpc) is 3.30. The second-order valence-electron chi connectivity index (χ2n) is 7.53. The predicted molar refractivity (Wildman–Crippen MR) is 152 cm³/mol. The summed E-state index contributed by atoms with van der Waals surface area (Å²) in [5.41, 5.74) is 4.66. The number of nitrogens with one attached hydrogen (secondary N) is 2. The summed E-state index contributed by atoms with van der Waals surface area (Å²) < 4.78 is 8.77. The third-order valence-electron chi connectivity index (χ3n) is 4.98. The van der Waals surface area contributed by atoms with E-state index in [4.69, 9.17) is 16.3 Å². The van der Waals surface area contributed by atoms with Crippen LogP contribution in [-0.2, 0) is 4.79 Å².